The summed E-state index contributed by atoms with van der Waals surface area (Å²) in [5, 5.41) is 0. The van der Waals surface area contributed by atoms with Gasteiger partial charge >= 0.3 is 0 Å². The summed E-state index contributed by atoms with van der Waals surface area (Å²) >= 11 is 0. The SMILES string of the molecule is CCCCC(CC)C(OOC(C(CC)CCCC)C(C)(C)C)C(C)(C)C. The predicted molar refractivity (Wildman–Crippen MR) is 115 cm³/mol. The van der Waals surface area contributed by atoms with Crippen LogP contribution in [0.2, 0.25) is 0 Å². The van der Waals surface area contributed by atoms with Crippen LogP contribution in [0.15, 0.2) is 0 Å². The molecule has 0 saturated carbocycles. The second-order valence-electron chi connectivity index (χ2n) is 10.4. The first-order valence-corrected chi connectivity index (χ1v) is 11.3. The van der Waals surface area contributed by atoms with E-state index >= 15 is 0 Å². The Kier molecular flexibility index (Phi) is 12.4. The van der Waals surface area contributed by atoms with Gasteiger partial charge in [-0.1, -0.05) is 108 Å². The molecular weight excluding hydrogens is 320 g/mol. The fraction of sp³-hybridized carbons (Fsp3) is 1.00. The highest BCUT2D eigenvalue weighted by molar-refractivity contribution is 4.83. The van der Waals surface area contributed by atoms with Crippen LogP contribution in [0.4, 0.5) is 0 Å². The van der Waals surface area contributed by atoms with Crippen LogP contribution in [-0.4, -0.2) is 12.2 Å². The molecule has 0 aliphatic rings. The van der Waals surface area contributed by atoms with Gasteiger partial charge in [0.15, 0.2) is 0 Å². The van der Waals surface area contributed by atoms with Gasteiger partial charge in [0.05, 0.1) is 0 Å². The zero-order valence-corrected chi connectivity index (χ0v) is 19.8. The fourth-order valence-corrected chi connectivity index (χ4v) is 4.05. The maximum Gasteiger partial charge on any atom is 0.101 e. The van der Waals surface area contributed by atoms with Crippen molar-refractivity contribution in [2.45, 2.75) is 133 Å². The Morgan fingerprint density at radius 2 is 0.885 bits per heavy atom. The molecule has 2 nitrogen and oxygen atoms in total. The Morgan fingerprint density at radius 3 is 1.08 bits per heavy atom. The molecule has 0 aliphatic carbocycles. The monoisotopic (exact) mass is 370 g/mol. The van der Waals surface area contributed by atoms with E-state index in [-0.39, 0.29) is 23.0 Å². The molecule has 0 saturated heterocycles. The van der Waals surface area contributed by atoms with Crippen molar-refractivity contribution in [3.8, 4) is 0 Å². The molecule has 0 aromatic carbocycles. The van der Waals surface area contributed by atoms with E-state index in [0.717, 1.165) is 12.8 Å². The number of hydrogen-bond donors (Lipinski definition) is 0. The summed E-state index contributed by atoms with van der Waals surface area (Å²) in [6.45, 7) is 22.8. The minimum atomic E-state index is 0.0853. The third-order valence-corrected chi connectivity index (χ3v) is 5.73. The van der Waals surface area contributed by atoms with Gasteiger partial charge in [-0.2, -0.15) is 0 Å². The second-order valence-corrected chi connectivity index (χ2v) is 10.4. The summed E-state index contributed by atoms with van der Waals surface area (Å²) in [5.41, 5.74) is 0.171. The molecule has 158 valence electrons. The first kappa shape index (κ1) is 25.9. The van der Waals surface area contributed by atoms with Crippen molar-refractivity contribution in [3.05, 3.63) is 0 Å². The van der Waals surface area contributed by atoms with E-state index in [1.54, 1.807) is 0 Å². The normalized spacial score (nSPS) is 17.8. The van der Waals surface area contributed by atoms with Crippen molar-refractivity contribution in [1.82, 2.24) is 0 Å². The molecule has 2 heteroatoms. The van der Waals surface area contributed by atoms with Crippen molar-refractivity contribution < 1.29 is 9.78 Å². The molecule has 0 N–H and O–H groups in total. The summed E-state index contributed by atoms with van der Waals surface area (Å²) in [5.74, 6) is 1.12. The molecule has 0 fully saturated rings. The number of hydrogen-bond acceptors (Lipinski definition) is 2. The van der Waals surface area contributed by atoms with Crippen molar-refractivity contribution in [2.75, 3.05) is 0 Å². The smallest absolute Gasteiger partial charge is 0.101 e. The minimum absolute atomic E-state index is 0.0853. The van der Waals surface area contributed by atoms with Crippen LogP contribution >= 0.6 is 0 Å². The van der Waals surface area contributed by atoms with Gasteiger partial charge in [0, 0.05) is 0 Å². The van der Waals surface area contributed by atoms with Crippen LogP contribution < -0.4 is 0 Å². The second kappa shape index (κ2) is 12.4. The highest BCUT2D eigenvalue weighted by Gasteiger charge is 2.38. The van der Waals surface area contributed by atoms with Gasteiger partial charge < -0.3 is 0 Å². The van der Waals surface area contributed by atoms with Crippen molar-refractivity contribution in [1.29, 1.82) is 0 Å². The van der Waals surface area contributed by atoms with E-state index in [1.165, 1.54) is 38.5 Å². The standard InChI is InChI=1S/C24H50O2/c1-11-15-17-19(13-3)21(23(5,6)7)25-26-22(24(8,9)10)20(14-4)18-16-12-2/h19-22H,11-18H2,1-10H3. The van der Waals surface area contributed by atoms with Gasteiger partial charge in [0.25, 0.3) is 0 Å². The maximum atomic E-state index is 6.31. The summed E-state index contributed by atoms with van der Waals surface area (Å²) < 4.78 is 0. The highest BCUT2D eigenvalue weighted by atomic mass is 17.2. The molecule has 0 radical (unpaired) electrons. The third kappa shape index (κ3) is 9.22. The lowest BCUT2D eigenvalue weighted by Gasteiger charge is -2.40. The summed E-state index contributed by atoms with van der Waals surface area (Å²) in [6, 6.07) is 0. The molecule has 0 aliphatic heterocycles. The Morgan fingerprint density at radius 1 is 0.577 bits per heavy atom. The molecule has 0 rings (SSSR count). The van der Waals surface area contributed by atoms with Gasteiger partial charge in [-0.25, -0.2) is 9.78 Å². The lowest BCUT2D eigenvalue weighted by atomic mass is 9.77. The summed E-state index contributed by atoms with van der Waals surface area (Å²) in [7, 11) is 0. The van der Waals surface area contributed by atoms with E-state index < -0.39 is 0 Å². The molecule has 0 aromatic rings. The third-order valence-electron chi connectivity index (χ3n) is 5.73. The summed E-state index contributed by atoms with van der Waals surface area (Å²) in [6.07, 6.45) is 10.1. The highest BCUT2D eigenvalue weighted by Crippen LogP contribution is 2.37. The average molecular weight is 371 g/mol. The van der Waals surface area contributed by atoms with Crippen LogP contribution in [0, 0.1) is 22.7 Å². The molecule has 0 bridgehead atoms. The van der Waals surface area contributed by atoms with Gasteiger partial charge in [-0.15, -0.1) is 0 Å². The Labute approximate surface area is 165 Å². The molecular formula is C24H50O2. The topological polar surface area (TPSA) is 18.5 Å². The Hall–Kier alpha value is -0.0800. The zero-order chi connectivity index (χ0) is 20.4. The fourth-order valence-electron chi connectivity index (χ4n) is 4.05. The van der Waals surface area contributed by atoms with Crippen molar-refractivity contribution >= 4 is 0 Å². The molecule has 0 spiro atoms. The maximum absolute atomic E-state index is 6.31. The van der Waals surface area contributed by atoms with E-state index in [9.17, 15) is 0 Å². The predicted octanol–water partition coefficient (Wildman–Crippen LogP) is 8.20. The zero-order valence-electron chi connectivity index (χ0n) is 19.8. The summed E-state index contributed by atoms with van der Waals surface area (Å²) in [4.78, 5) is 12.6. The lowest BCUT2D eigenvalue weighted by Crippen LogP contribution is -2.42. The lowest BCUT2D eigenvalue weighted by molar-refractivity contribution is -0.395. The Bertz CT molecular complexity index is 303. The van der Waals surface area contributed by atoms with E-state index in [2.05, 4.69) is 69.2 Å². The first-order chi connectivity index (χ1) is 12.0. The molecule has 4 unspecified atom stereocenters. The van der Waals surface area contributed by atoms with Crippen molar-refractivity contribution in [2.24, 2.45) is 22.7 Å². The molecule has 0 amide bonds. The van der Waals surface area contributed by atoms with Crippen LogP contribution in [0.25, 0.3) is 0 Å². The molecule has 0 heterocycles. The molecule has 26 heavy (non-hydrogen) atoms. The van der Waals surface area contributed by atoms with Gasteiger partial charge in [0.1, 0.15) is 12.2 Å². The molecule has 0 aromatic heterocycles. The van der Waals surface area contributed by atoms with E-state index in [0.29, 0.717) is 11.8 Å². The van der Waals surface area contributed by atoms with Gasteiger partial charge in [-0.05, 0) is 35.5 Å². The quantitative estimate of drug-likeness (QED) is 0.240. The van der Waals surface area contributed by atoms with Crippen molar-refractivity contribution in [3.63, 3.8) is 0 Å². The first-order valence-electron chi connectivity index (χ1n) is 11.3. The van der Waals surface area contributed by atoms with Gasteiger partial charge in [-0.3, -0.25) is 0 Å². The van der Waals surface area contributed by atoms with E-state index in [1.807, 2.05) is 0 Å². The van der Waals surface area contributed by atoms with Crippen LogP contribution in [0.1, 0.15) is 121 Å². The van der Waals surface area contributed by atoms with Gasteiger partial charge in [0.2, 0.25) is 0 Å². The largest absolute Gasteiger partial charge is 0.232 e. The number of unbranched alkanes of at least 4 members (excludes halogenated alkanes) is 2. The van der Waals surface area contributed by atoms with Crippen LogP contribution in [-0.2, 0) is 9.78 Å². The average Bonchev–Trinajstić information content (AvgIpc) is 2.53. The minimum Gasteiger partial charge on any atom is -0.232 e. The van der Waals surface area contributed by atoms with E-state index in [4.69, 9.17) is 9.78 Å². The Balaban J connectivity index is 5.26. The number of rotatable bonds is 13. The van der Waals surface area contributed by atoms with Crippen LogP contribution in [0.3, 0.4) is 0 Å². The van der Waals surface area contributed by atoms with Crippen LogP contribution in [0.5, 0.6) is 0 Å². The molecule has 4 atom stereocenters.